The average Bonchev–Trinajstić information content (AvgIpc) is 3.16. The predicted octanol–water partition coefficient (Wildman–Crippen LogP) is 4.81. The van der Waals surface area contributed by atoms with E-state index in [0.717, 1.165) is 11.1 Å². The van der Waals surface area contributed by atoms with Crippen LogP contribution < -0.4 is 5.32 Å². The van der Waals surface area contributed by atoms with E-state index < -0.39 is 5.41 Å². The summed E-state index contributed by atoms with van der Waals surface area (Å²) in [4.78, 5) is 17.2. The van der Waals surface area contributed by atoms with Crippen LogP contribution in [0.2, 0.25) is 0 Å². The average molecular weight is 361 g/mol. The van der Waals surface area contributed by atoms with Crippen LogP contribution in [0.4, 0.5) is 5.13 Å². The van der Waals surface area contributed by atoms with Gasteiger partial charge < -0.3 is 5.32 Å². The van der Waals surface area contributed by atoms with Crippen LogP contribution in [-0.2, 0) is 4.79 Å². The van der Waals surface area contributed by atoms with Crippen molar-refractivity contribution in [1.29, 1.82) is 5.26 Å². The number of rotatable bonds is 5. The molecule has 0 spiro atoms. The molecule has 5 heteroatoms. The van der Waals surface area contributed by atoms with Crippen LogP contribution in [0.5, 0.6) is 0 Å². The number of thiazole rings is 1. The molecule has 0 aliphatic carbocycles. The van der Waals surface area contributed by atoms with Crippen molar-refractivity contribution in [3.8, 4) is 6.07 Å². The van der Waals surface area contributed by atoms with E-state index in [-0.39, 0.29) is 11.8 Å². The van der Waals surface area contributed by atoms with Gasteiger partial charge in [0.05, 0.1) is 17.0 Å². The van der Waals surface area contributed by atoms with Crippen LogP contribution in [0.3, 0.4) is 0 Å². The number of benzene rings is 2. The standard InChI is InChI=1S/C21H19N3OS/c1-21(2,19(25)24-20-23-12-13-26-20)18(16-6-4-3-5-7-16)17-10-8-15(14-22)9-11-17/h3-13,18H,1-2H3,(H,23,24,25). The van der Waals surface area contributed by atoms with Gasteiger partial charge in [-0.3, -0.25) is 4.79 Å². The molecular formula is C21H19N3OS. The van der Waals surface area contributed by atoms with Crippen LogP contribution in [0.15, 0.2) is 66.2 Å². The third-order valence-corrected chi connectivity index (χ3v) is 5.15. The van der Waals surface area contributed by atoms with Gasteiger partial charge in [0.1, 0.15) is 0 Å². The monoisotopic (exact) mass is 361 g/mol. The third-order valence-electron chi connectivity index (χ3n) is 4.47. The second kappa shape index (κ2) is 7.51. The quantitative estimate of drug-likeness (QED) is 0.709. The Kier molecular flexibility index (Phi) is 5.15. The molecule has 1 amide bonds. The van der Waals surface area contributed by atoms with Crippen molar-refractivity contribution in [3.63, 3.8) is 0 Å². The van der Waals surface area contributed by atoms with E-state index in [1.165, 1.54) is 11.3 Å². The van der Waals surface area contributed by atoms with Crippen molar-refractivity contribution in [2.75, 3.05) is 5.32 Å². The highest BCUT2D eigenvalue weighted by atomic mass is 32.1. The van der Waals surface area contributed by atoms with Gasteiger partial charge >= 0.3 is 0 Å². The maximum Gasteiger partial charge on any atom is 0.232 e. The molecule has 26 heavy (non-hydrogen) atoms. The highest BCUT2D eigenvalue weighted by Gasteiger charge is 2.39. The van der Waals surface area contributed by atoms with E-state index in [2.05, 4.69) is 16.4 Å². The molecule has 0 bridgehead atoms. The molecule has 3 rings (SSSR count). The normalized spacial score (nSPS) is 12.2. The molecule has 0 saturated carbocycles. The highest BCUT2D eigenvalue weighted by molar-refractivity contribution is 7.13. The number of nitrogens with zero attached hydrogens (tertiary/aromatic N) is 2. The fourth-order valence-corrected chi connectivity index (χ4v) is 3.62. The molecule has 130 valence electrons. The summed E-state index contributed by atoms with van der Waals surface area (Å²) in [5.41, 5.74) is 1.93. The zero-order valence-electron chi connectivity index (χ0n) is 14.6. The van der Waals surface area contributed by atoms with Gasteiger partial charge in [0.25, 0.3) is 0 Å². The number of carbonyl (C=O) groups excluding carboxylic acids is 1. The minimum absolute atomic E-state index is 0.0920. The molecule has 1 heterocycles. The minimum Gasteiger partial charge on any atom is -0.301 e. The fraction of sp³-hybridized carbons (Fsp3) is 0.190. The van der Waals surface area contributed by atoms with Crippen LogP contribution in [0, 0.1) is 16.7 Å². The molecule has 0 aliphatic rings. The Morgan fingerprint density at radius 3 is 2.35 bits per heavy atom. The summed E-state index contributed by atoms with van der Waals surface area (Å²) in [5, 5.41) is 14.4. The first kappa shape index (κ1) is 17.8. The molecular weight excluding hydrogens is 342 g/mol. The zero-order chi connectivity index (χ0) is 18.6. The lowest BCUT2D eigenvalue weighted by Crippen LogP contribution is -2.37. The Bertz CT molecular complexity index is 910. The number of aromatic nitrogens is 1. The number of amides is 1. The summed E-state index contributed by atoms with van der Waals surface area (Å²) in [6.07, 6.45) is 1.67. The smallest absolute Gasteiger partial charge is 0.232 e. The van der Waals surface area contributed by atoms with E-state index in [9.17, 15) is 4.79 Å². The van der Waals surface area contributed by atoms with E-state index in [1.807, 2.05) is 61.7 Å². The Morgan fingerprint density at radius 2 is 1.77 bits per heavy atom. The summed E-state index contributed by atoms with van der Waals surface area (Å²) in [5.74, 6) is -0.248. The molecule has 4 nitrogen and oxygen atoms in total. The molecule has 1 atom stereocenters. The molecule has 0 fully saturated rings. The lowest BCUT2D eigenvalue weighted by atomic mass is 9.70. The van der Waals surface area contributed by atoms with Gasteiger partial charge in [-0.1, -0.05) is 56.3 Å². The number of carbonyl (C=O) groups is 1. The van der Waals surface area contributed by atoms with Crippen molar-refractivity contribution in [3.05, 3.63) is 82.9 Å². The SMILES string of the molecule is CC(C)(C(=O)Nc1nccs1)C(c1ccccc1)c1ccc(C#N)cc1. The first-order valence-electron chi connectivity index (χ1n) is 8.28. The van der Waals surface area contributed by atoms with Crippen LogP contribution in [-0.4, -0.2) is 10.9 Å². The highest BCUT2D eigenvalue weighted by Crippen LogP contribution is 2.41. The number of hydrogen-bond acceptors (Lipinski definition) is 4. The zero-order valence-corrected chi connectivity index (χ0v) is 15.5. The van der Waals surface area contributed by atoms with Gasteiger partial charge in [-0.25, -0.2) is 4.98 Å². The second-order valence-electron chi connectivity index (χ2n) is 6.59. The summed E-state index contributed by atoms with van der Waals surface area (Å²) in [6, 6.07) is 19.5. The number of hydrogen-bond donors (Lipinski definition) is 1. The van der Waals surface area contributed by atoms with Crippen LogP contribution >= 0.6 is 11.3 Å². The van der Waals surface area contributed by atoms with Crippen molar-refractivity contribution in [1.82, 2.24) is 4.98 Å². The van der Waals surface area contributed by atoms with Gasteiger partial charge in [-0.2, -0.15) is 5.26 Å². The Labute approximate surface area is 157 Å². The maximum atomic E-state index is 13.0. The Morgan fingerprint density at radius 1 is 1.12 bits per heavy atom. The summed E-state index contributed by atoms with van der Waals surface area (Å²) in [6.45, 7) is 3.87. The summed E-state index contributed by atoms with van der Waals surface area (Å²) >= 11 is 1.40. The molecule has 2 aromatic carbocycles. The number of nitriles is 1. The lowest BCUT2D eigenvalue weighted by molar-refractivity contribution is -0.124. The number of anilines is 1. The lowest BCUT2D eigenvalue weighted by Gasteiger charge is -2.33. The number of nitrogens with one attached hydrogen (secondary N) is 1. The van der Waals surface area contributed by atoms with Crippen LogP contribution in [0.1, 0.15) is 36.5 Å². The first-order valence-corrected chi connectivity index (χ1v) is 9.16. The van der Waals surface area contributed by atoms with Gasteiger partial charge in [-0.15, -0.1) is 11.3 Å². The van der Waals surface area contributed by atoms with E-state index in [1.54, 1.807) is 18.3 Å². The van der Waals surface area contributed by atoms with Gasteiger partial charge in [0.2, 0.25) is 5.91 Å². The first-order chi connectivity index (χ1) is 12.5. The molecule has 3 aromatic rings. The maximum absolute atomic E-state index is 13.0. The van der Waals surface area contributed by atoms with Crippen molar-refractivity contribution in [2.45, 2.75) is 19.8 Å². The van der Waals surface area contributed by atoms with E-state index in [4.69, 9.17) is 5.26 Å². The van der Waals surface area contributed by atoms with Crippen LogP contribution in [0.25, 0.3) is 0 Å². The molecule has 1 N–H and O–H groups in total. The van der Waals surface area contributed by atoms with Gasteiger partial charge in [-0.05, 0) is 23.3 Å². The van der Waals surface area contributed by atoms with Crippen molar-refractivity contribution >= 4 is 22.4 Å². The van der Waals surface area contributed by atoms with Gasteiger partial charge in [0.15, 0.2) is 5.13 Å². The Balaban J connectivity index is 2.01. The predicted molar refractivity (Wildman–Crippen MR) is 104 cm³/mol. The summed E-state index contributed by atoms with van der Waals surface area (Å²) in [7, 11) is 0. The topological polar surface area (TPSA) is 65.8 Å². The molecule has 0 saturated heterocycles. The van der Waals surface area contributed by atoms with Crippen molar-refractivity contribution < 1.29 is 4.79 Å². The molecule has 1 unspecified atom stereocenters. The Hall–Kier alpha value is -2.97. The van der Waals surface area contributed by atoms with Crippen molar-refractivity contribution in [2.24, 2.45) is 5.41 Å². The molecule has 1 aromatic heterocycles. The molecule has 0 aliphatic heterocycles. The molecule has 0 radical (unpaired) electrons. The second-order valence-corrected chi connectivity index (χ2v) is 7.49. The van der Waals surface area contributed by atoms with Gasteiger partial charge in [0, 0.05) is 17.5 Å². The largest absolute Gasteiger partial charge is 0.301 e. The van der Waals surface area contributed by atoms with E-state index >= 15 is 0 Å². The fourth-order valence-electron chi connectivity index (χ4n) is 3.10. The third kappa shape index (κ3) is 3.66. The minimum atomic E-state index is -0.721. The summed E-state index contributed by atoms with van der Waals surface area (Å²) < 4.78 is 0. The van der Waals surface area contributed by atoms with E-state index in [0.29, 0.717) is 10.7 Å².